The Morgan fingerprint density at radius 1 is 0.905 bits per heavy atom. The van der Waals surface area contributed by atoms with Gasteiger partial charge in [-0.15, -0.1) is 0 Å². The lowest BCUT2D eigenvalue weighted by Gasteiger charge is -2.13. The minimum Gasteiger partial charge on any atom is -0.497 e. The van der Waals surface area contributed by atoms with Gasteiger partial charge in [-0.1, -0.05) is 38.1 Å². The highest BCUT2D eigenvalue weighted by Crippen LogP contribution is 2.19. The normalized spacial score (nSPS) is 10.7. The molecule has 0 aliphatic heterocycles. The van der Waals surface area contributed by atoms with Crippen LogP contribution in [0.25, 0.3) is 0 Å². The molecule has 2 aromatic rings. The highest BCUT2D eigenvalue weighted by molar-refractivity contribution is 5.32. The van der Waals surface area contributed by atoms with Gasteiger partial charge in [-0.25, -0.2) is 0 Å². The van der Waals surface area contributed by atoms with Gasteiger partial charge in [0.05, 0.1) is 7.11 Å². The predicted molar refractivity (Wildman–Crippen MR) is 85.7 cm³/mol. The molecule has 0 heterocycles. The number of benzene rings is 2. The standard InChI is InChI=1S/C18H23NO2/c1-14(2)19-12-15-6-4-5-7-16(15)13-21-18-10-8-17(20-3)9-11-18/h4-11,14,19H,12-13H2,1-3H3. The van der Waals surface area contributed by atoms with Crippen LogP contribution in [-0.2, 0) is 13.2 Å². The molecular formula is C18H23NO2. The number of hydrogen-bond acceptors (Lipinski definition) is 3. The van der Waals surface area contributed by atoms with Gasteiger partial charge in [-0.05, 0) is 35.4 Å². The van der Waals surface area contributed by atoms with Crippen molar-refractivity contribution in [3.05, 3.63) is 59.7 Å². The van der Waals surface area contributed by atoms with Gasteiger partial charge in [0.25, 0.3) is 0 Å². The molecule has 0 aliphatic rings. The molecule has 0 bridgehead atoms. The van der Waals surface area contributed by atoms with Gasteiger partial charge < -0.3 is 14.8 Å². The molecule has 21 heavy (non-hydrogen) atoms. The molecule has 1 N–H and O–H groups in total. The molecule has 2 aromatic carbocycles. The number of ether oxygens (including phenoxy) is 2. The highest BCUT2D eigenvalue weighted by Gasteiger charge is 2.04. The van der Waals surface area contributed by atoms with E-state index in [0.717, 1.165) is 18.0 Å². The Kier molecular flexibility index (Phi) is 5.64. The lowest BCUT2D eigenvalue weighted by Crippen LogP contribution is -2.22. The van der Waals surface area contributed by atoms with Crippen LogP contribution in [0.1, 0.15) is 25.0 Å². The Bertz CT molecular complexity index is 549. The zero-order valence-corrected chi connectivity index (χ0v) is 12.9. The second-order valence-corrected chi connectivity index (χ2v) is 5.27. The Morgan fingerprint density at radius 3 is 2.14 bits per heavy atom. The van der Waals surface area contributed by atoms with E-state index in [0.29, 0.717) is 12.6 Å². The molecule has 0 atom stereocenters. The molecule has 3 heteroatoms. The molecule has 0 saturated carbocycles. The minimum absolute atomic E-state index is 0.473. The molecular weight excluding hydrogens is 262 g/mol. The number of methoxy groups -OCH3 is 1. The van der Waals surface area contributed by atoms with E-state index in [1.807, 2.05) is 30.3 Å². The number of hydrogen-bond donors (Lipinski definition) is 1. The summed E-state index contributed by atoms with van der Waals surface area (Å²) in [6.45, 7) is 5.73. The zero-order chi connectivity index (χ0) is 15.1. The summed E-state index contributed by atoms with van der Waals surface area (Å²) >= 11 is 0. The van der Waals surface area contributed by atoms with Crippen LogP contribution in [-0.4, -0.2) is 13.2 Å². The van der Waals surface area contributed by atoms with E-state index >= 15 is 0 Å². The van der Waals surface area contributed by atoms with Crippen LogP contribution in [0.15, 0.2) is 48.5 Å². The van der Waals surface area contributed by atoms with E-state index < -0.39 is 0 Å². The quantitative estimate of drug-likeness (QED) is 0.840. The van der Waals surface area contributed by atoms with Crippen molar-refractivity contribution in [2.45, 2.75) is 33.0 Å². The Hall–Kier alpha value is -2.00. The summed E-state index contributed by atoms with van der Waals surface area (Å²) in [5.41, 5.74) is 2.49. The molecule has 0 aliphatic carbocycles. The number of rotatable bonds is 7. The zero-order valence-electron chi connectivity index (χ0n) is 12.9. The molecule has 0 amide bonds. The van der Waals surface area contributed by atoms with Crippen molar-refractivity contribution in [1.82, 2.24) is 5.32 Å². The fraction of sp³-hybridized carbons (Fsp3) is 0.333. The maximum atomic E-state index is 5.86. The first kappa shape index (κ1) is 15.4. The molecule has 0 fully saturated rings. The van der Waals surface area contributed by atoms with Crippen molar-refractivity contribution in [3.63, 3.8) is 0 Å². The third kappa shape index (κ3) is 4.80. The summed E-state index contributed by atoms with van der Waals surface area (Å²) < 4.78 is 11.0. The molecule has 0 radical (unpaired) electrons. The van der Waals surface area contributed by atoms with E-state index in [-0.39, 0.29) is 0 Å². The summed E-state index contributed by atoms with van der Waals surface area (Å²) in [5, 5.41) is 3.44. The Labute approximate surface area is 126 Å². The summed E-state index contributed by atoms with van der Waals surface area (Å²) in [4.78, 5) is 0. The second-order valence-electron chi connectivity index (χ2n) is 5.27. The summed E-state index contributed by atoms with van der Waals surface area (Å²) in [6.07, 6.45) is 0. The summed E-state index contributed by atoms with van der Waals surface area (Å²) in [6, 6.07) is 16.5. The molecule has 0 saturated heterocycles. The van der Waals surface area contributed by atoms with E-state index in [2.05, 4.69) is 37.4 Å². The fourth-order valence-electron chi connectivity index (χ4n) is 2.02. The van der Waals surface area contributed by atoms with Crippen LogP contribution in [0.3, 0.4) is 0 Å². The predicted octanol–water partition coefficient (Wildman–Crippen LogP) is 3.77. The first-order chi connectivity index (χ1) is 10.2. The van der Waals surface area contributed by atoms with E-state index in [4.69, 9.17) is 9.47 Å². The second kappa shape index (κ2) is 7.70. The topological polar surface area (TPSA) is 30.5 Å². The van der Waals surface area contributed by atoms with Crippen LogP contribution in [0.2, 0.25) is 0 Å². The average Bonchev–Trinajstić information content (AvgIpc) is 2.52. The van der Waals surface area contributed by atoms with Gasteiger partial charge in [0.15, 0.2) is 0 Å². The molecule has 112 valence electrons. The Morgan fingerprint density at radius 2 is 1.52 bits per heavy atom. The maximum absolute atomic E-state index is 5.86. The molecule has 0 spiro atoms. The minimum atomic E-state index is 0.473. The number of nitrogens with one attached hydrogen (secondary N) is 1. The van der Waals surface area contributed by atoms with Crippen LogP contribution >= 0.6 is 0 Å². The van der Waals surface area contributed by atoms with Crippen molar-refractivity contribution in [2.75, 3.05) is 7.11 Å². The van der Waals surface area contributed by atoms with Crippen molar-refractivity contribution in [2.24, 2.45) is 0 Å². The maximum Gasteiger partial charge on any atom is 0.120 e. The lowest BCUT2D eigenvalue weighted by atomic mass is 10.1. The van der Waals surface area contributed by atoms with Gasteiger partial charge in [0, 0.05) is 12.6 Å². The van der Waals surface area contributed by atoms with Crippen molar-refractivity contribution >= 4 is 0 Å². The van der Waals surface area contributed by atoms with Crippen LogP contribution in [0, 0.1) is 0 Å². The van der Waals surface area contributed by atoms with E-state index in [1.165, 1.54) is 11.1 Å². The molecule has 3 nitrogen and oxygen atoms in total. The molecule has 2 rings (SSSR count). The van der Waals surface area contributed by atoms with Gasteiger partial charge in [-0.3, -0.25) is 0 Å². The SMILES string of the molecule is COc1ccc(OCc2ccccc2CNC(C)C)cc1. The van der Waals surface area contributed by atoms with Gasteiger partial charge >= 0.3 is 0 Å². The fourth-order valence-corrected chi connectivity index (χ4v) is 2.02. The summed E-state index contributed by atoms with van der Waals surface area (Å²) in [7, 11) is 1.66. The van der Waals surface area contributed by atoms with E-state index in [9.17, 15) is 0 Å². The monoisotopic (exact) mass is 285 g/mol. The van der Waals surface area contributed by atoms with Crippen molar-refractivity contribution < 1.29 is 9.47 Å². The highest BCUT2D eigenvalue weighted by atomic mass is 16.5. The van der Waals surface area contributed by atoms with Crippen LogP contribution in [0.4, 0.5) is 0 Å². The third-order valence-electron chi connectivity index (χ3n) is 3.27. The van der Waals surface area contributed by atoms with Crippen LogP contribution in [0.5, 0.6) is 11.5 Å². The van der Waals surface area contributed by atoms with Crippen LogP contribution < -0.4 is 14.8 Å². The van der Waals surface area contributed by atoms with Crippen molar-refractivity contribution in [3.8, 4) is 11.5 Å². The smallest absolute Gasteiger partial charge is 0.120 e. The van der Waals surface area contributed by atoms with E-state index in [1.54, 1.807) is 7.11 Å². The van der Waals surface area contributed by atoms with Gasteiger partial charge in [0.1, 0.15) is 18.1 Å². The van der Waals surface area contributed by atoms with Crippen molar-refractivity contribution in [1.29, 1.82) is 0 Å². The average molecular weight is 285 g/mol. The largest absolute Gasteiger partial charge is 0.497 e. The Balaban J connectivity index is 1.98. The van der Waals surface area contributed by atoms with Gasteiger partial charge in [0.2, 0.25) is 0 Å². The van der Waals surface area contributed by atoms with Gasteiger partial charge in [-0.2, -0.15) is 0 Å². The summed E-state index contributed by atoms with van der Waals surface area (Å²) in [5.74, 6) is 1.69. The molecule has 0 unspecified atom stereocenters. The third-order valence-corrected chi connectivity index (χ3v) is 3.27. The first-order valence-corrected chi connectivity index (χ1v) is 7.26. The molecule has 0 aromatic heterocycles. The first-order valence-electron chi connectivity index (χ1n) is 7.26. The lowest BCUT2D eigenvalue weighted by molar-refractivity contribution is 0.303.